The second kappa shape index (κ2) is 6.98. The highest BCUT2D eigenvalue weighted by atomic mass is 16.4. The van der Waals surface area contributed by atoms with Gasteiger partial charge in [0.25, 0.3) is 5.91 Å². The van der Waals surface area contributed by atoms with E-state index in [9.17, 15) is 9.90 Å². The van der Waals surface area contributed by atoms with Crippen molar-refractivity contribution in [3.8, 4) is 0 Å². The summed E-state index contributed by atoms with van der Waals surface area (Å²) in [5.74, 6) is 0.485. The van der Waals surface area contributed by atoms with E-state index in [1.807, 2.05) is 18.2 Å². The number of β-amino-alcohol motifs (C(OH)–C–C–N with tert-alkyl or cyclic N) is 1. The van der Waals surface area contributed by atoms with Crippen molar-refractivity contribution in [2.75, 3.05) is 26.7 Å². The zero-order valence-electron chi connectivity index (χ0n) is 15.0. The van der Waals surface area contributed by atoms with Gasteiger partial charge in [0, 0.05) is 33.6 Å². The van der Waals surface area contributed by atoms with Crippen LogP contribution in [0, 0.1) is 13.8 Å². The maximum absolute atomic E-state index is 12.5. The topological polar surface area (TPSA) is 69.8 Å². The Kier molecular flexibility index (Phi) is 4.92. The number of rotatable bonds is 5. The second-order valence-corrected chi connectivity index (χ2v) is 6.98. The summed E-state index contributed by atoms with van der Waals surface area (Å²) in [6.45, 7) is 5.92. The number of likely N-dealkylation sites (tertiary alicyclic amines) is 1. The first-order chi connectivity index (χ1) is 11.9. The number of aliphatic hydroxyl groups is 1. The summed E-state index contributed by atoms with van der Waals surface area (Å²) in [5.41, 5.74) is 0.907. The second-order valence-electron chi connectivity index (χ2n) is 6.98. The van der Waals surface area contributed by atoms with Crippen LogP contribution >= 0.6 is 0 Å². The maximum Gasteiger partial charge on any atom is 0.291 e. The molecular formula is C19H25N3O3. The van der Waals surface area contributed by atoms with Crippen LogP contribution in [0.15, 0.2) is 34.7 Å². The highest BCUT2D eigenvalue weighted by Gasteiger charge is 2.38. The number of oxazole rings is 1. The van der Waals surface area contributed by atoms with Crippen LogP contribution in [-0.4, -0.2) is 58.1 Å². The predicted molar refractivity (Wildman–Crippen MR) is 94.2 cm³/mol. The third kappa shape index (κ3) is 4.08. The minimum absolute atomic E-state index is 0.243. The third-order valence-electron chi connectivity index (χ3n) is 4.64. The molecule has 1 N–H and O–H groups in total. The van der Waals surface area contributed by atoms with Crippen LogP contribution in [-0.2, 0) is 6.54 Å². The van der Waals surface area contributed by atoms with Crippen molar-refractivity contribution in [2.24, 2.45) is 0 Å². The average molecular weight is 343 g/mol. The Morgan fingerprint density at radius 1 is 1.36 bits per heavy atom. The fourth-order valence-corrected chi connectivity index (χ4v) is 3.46. The number of hydrogen-bond donors (Lipinski definition) is 1. The van der Waals surface area contributed by atoms with Gasteiger partial charge in [0.05, 0.1) is 17.8 Å². The fraction of sp³-hybridized carbons (Fsp3) is 0.474. The minimum Gasteiger partial charge on any atom is -0.436 e. The van der Waals surface area contributed by atoms with Crippen LogP contribution in [0.4, 0.5) is 0 Å². The summed E-state index contributed by atoms with van der Waals surface area (Å²) in [6, 6.07) is 10.2. The molecule has 3 rings (SSSR count). The highest BCUT2D eigenvalue weighted by Crippen LogP contribution is 2.24. The quantitative estimate of drug-likeness (QED) is 0.899. The molecule has 0 aliphatic carbocycles. The molecule has 6 nitrogen and oxygen atoms in total. The molecule has 2 aromatic rings. The molecule has 6 heteroatoms. The van der Waals surface area contributed by atoms with Crippen LogP contribution in [0.5, 0.6) is 0 Å². The molecule has 1 amide bonds. The van der Waals surface area contributed by atoms with E-state index in [0.717, 1.165) is 13.1 Å². The van der Waals surface area contributed by atoms with Gasteiger partial charge in [-0.1, -0.05) is 30.3 Å². The van der Waals surface area contributed by atoms with Gasteiger partial charge >= 0.3 is 0 Å². The molecule has 25 heavy (non-hydrogen) atoms. The van der Waals surface area contributed by atoms with Crippen LogP contribution in [0.2, 0.25) is 0 Å². The number of aromatic nitrogens is 1. The van der Waals surface area contributed by atoms with Crippen LogP contribution in [0.1, 0.15) is 34.1 Å². The van der Waals surface area contributed by atoms with Gasteiger partial charge < -0.3 is 14.4 Å². The smallest absolute Gasteiger partial charge is 0.291 e. The molecule has 0 radical (unpaired) electrons. The number of carbonyl (C=O) groups excluding carboxylic acids is 1. The average Bonchev–Trinajstić information content (AvgIpc) is 3.09. The van der Waals surface area contributed by atoms with Gasteiger partial charge in [0.1, 0.15) is 0 Å². The molecular weight excluding hydrogens is 318 g/mol. The summed E-state index contributed by atoms with van der Waals surface area (Å²) >= 11 is 0. The lowest BCUT2D eigenvalue weighted by atomic mass is 10.0. The van der Waals surface area contributed by atoms with Crippen molar-refractivity contribution in [1.29, 1.82) is 0 Å². The van der Waals surface area contributed by atoms with Crippen LogP contribution in [0.3, 0.4) is 0 Å². The number of hydrogen-bond acceptors (Lipinski definition) is 5. The molecule has 0 bridgehead atoms. The number of nitrogens with zero attached hydrogens (tertiary/aromatic N) is 3. The van der Waals surface area contributed by atoms with E-state index in [0.29, 0.717) is 24.6 Å². The lowest BCUT2D eigenvalue weighted by molar-refractivity contribution is 0.0159. The standard InChI is InChI=1S/C19H25N3O3/c1-14-17(25-15(2)20-14)18(23)21(3)12-19(24)9-10-22(13-19)11-16-7-5-4-6-8-16/h4-8,24H,9-13H2,1-3H3/t19-/m1/s1. The van der Waals surface area contributed by atoms with Crippen molar-refractivity contribution >= 4 is 5.91 Å². The minimum atomic E-state index is -0.901. The number of amides is 1. The van der Waals surface area contributed by atoms with Gasteiger partial charge in [0.2, 0.25) is 5.76 Å². The van der Waals surface area contributed by atoms with E-state index >= 15 is 0 Å². The van der Waals surface area contributed by atoms with Gasteiger partial charge in [-0.05, 0) is 18.9 Å². The Balaban J connectivity index is 1.60. The SMILES string of the molecule is Cc1nc(C)c(C(=O)N(C)C[C@]2(O)CCN(Cc3ccccc3)C2)o1. The molecule has 1 fully saturated rings. The molecule has 1 atom stereocenters. The van der Waals surface area contributed by atoms with Crippen LogP contribution < -0.4 is 0 Å². The monoisotopic (exact) mass is 343 g/mol. The summed E-state index contributed by atoms with van der Waals surface area (Å²) < 4.78 is 5.40. The molecule has 0 saturated carbocycles. The fourth-order valence-electron chi connectivity index (χ4n) is 3.46. The molecule has 1 aromatic carbocycles. The van der Waals surface area contributed by atoms with Crippen molar-refractivity contribution in [3.05, 3.63) is 53.2 Å². The van der Waals surface area contributed by atoms with E-state index in [1.54, 1.807) is 20.9 Å². The predicted octanol–water partition coefficient (Wildman–Crippen LogP) is 2.00. The number of carbonyl (C=O) groups is 1. The number of benzene rings is 1. The Morgan fingerprint density at radius 2 is 2.08 bits per heavy atom. The largest absolute Gasteiger partial charge is 0.436 e. The first-order valence-corrected chi connectivity index (χ1v) is 8.54. The summed E-state index contributed by atoms with van der Waals surface area (Å²) in [4.78, 5) is 20.4. The number of likely N-dealkylation sites (N-methyl/N-ethyl adjacent to an activating group) is 1. The highest BCUT2D eigenvalue weighted by molar-refractivity contribution is 5.92. The third-order valence-corrected chi connectivity index (χ3v) is 4.64. The Morgan fingerprint density at radius 3 is 2.72 bits per heavy atom. The zero-order chi connectivity index (χ0) is 18.0. The zero-order valence-corrected chi connectivity index (χ0v) is 15.0. The molecule has 134 valence electrons. The first kappa shape index (κ1) is 17.6. The van der Waals surface area contributed by atoms with Gasteiger partial charge in [0.15, 0.2) is 5.89 Å². The summed E-state index contributed by atoms with van der Waals surface area (Å²) in [7, 11) is 1.69. The molecule has 1 saturated heterocycles. The van der Waals surface area contributed by atoms with E-state index in [-0.39, 0.29) is 18.2 Å². The van der Waals surface area contributed by atoms with Crippen molar-refractivity contribution in [1.82, 2.24) is 14.8 Å². The van der Waals surface area contributed by atoms with Gasteiger partial charge in [-0.2, -0.15) is 0 Å². The maximum atomic E-state index is 12.5. The van der Waals surface area contributed by atoms with E-state index in [4.69, 9.17) is 4.42 Å². The summed E-state index contributed by atoms with van der Waals surface area (Å²) in [6.07, 6.45) is 0.645. The Hall–Kier alpha value is -2.18. The Bertz CT molecular complexity index is 744. The molecule has 1 aliphatic rings. The molecule has 0 unspecified atom stereocenters. The molecule has 2 heterocycles. The number of aryl methyl sites for hydroxylation is 2. The van der Waals surface area contributed by atoms with Crippen molar-refractivity contribution < 1.29 is 14.3 Å². The molecule has 1 aliphatic heterocycles. The van der Waals surface area contributed by atoms with E-state index < -0.39 is 5.60 Å². The van der Waals surface area contributed by atoms with Gasteiger partial charge in [-0.15, -0.1) is 0 Å². The Labute approximate surface area is 148 Å². The van der Waals surface area contributed by atoms with E-state index in [2.05, 4.69) is 22.0 Å². The normalized spacial score (nSPS) is 20.8. The van der Waals surface area contributed by atoms with Crippen LogP contribution in [0.25, 0.3) is 0 Å². The lowest BCUT2D eigenvalue weighted by Gasteiger charge is -2.28. The lowest BCUT2D eigenvalue weighted by Crippen LogP contribution is -2.45. The summed E-state index contributed by atoms with van der Waals surface area (Å²) in [5, 5.41) is 10.9. The van der Waals surface area contributed by atoms with Gasteiger partial charge in [-0.3, -0.25) is 9.69 Å². The molecule has 1 aromatic heterocycles. The van der Waals surface area contributed by atoms with Gasteiger partial charge in [-0.25, -0.2) is 4.98 Å². The molecule has 0 spiro atoms. The van der Waals surface area contributed by atoms with Crippen molar-refractivity contribution in [3.63, 3.8) is 0 Å². The van der Waals surface area contributed by atoms with Crippen molar-refractivity contribution in [2.45, 2.75) is 32.4 Å². The first-order valence-electron chi connectivity index (χ1n) is 8.54. The van der Waals surface area contributed by atoms with E-state index in [1.165, 1.54) is 10.5 Å².